The van der Waals surface area contributed by atoms with E-state index in [1.54, 1.807) is 12.4 Å². The van der Waals surface area contributed by atoms with E-state index in [9.17, 15) is 0 Å². The lowest BCUT2D eigenvalue weighted by atomic mass is 10.2. The lowest BCUT2D eigenvalue weighted by Crippen LogP contribution is -2.53. The van der Waals surface area contributed by atoms with Gasteiger partial charge in [0.1, 0.15) is 5.82 Å². The lowest BCUT2D eigenvalue weighted by Gasteiger charge is -2.34. The van der Waals surface area contributed by atoms with Gasteiger partial charge in [0.05, 0.1) is 6.54 Å². The van der Waals surface area contributed by atoms with Crippen LogP contribution in [0.2, 0.25) is 0 Å². The molecule has 82 valence electrons. The van der Waals surface area contributed by atoms with Gasteiger partial charge in [0.15, 0.2) is 0 Å². The van der Waals surface area contributed by atoms with Gasteiger partial charge in [-0.05, 0) is 6.07 Å². The number of rotatable bonds is 3. The van der Waals surface area contributed by atoms with Crippen LogP contribution < -0.4 is 11.1 Å². The Kier molecular flexibility index (Phi) is 3.60. The van der Waals surface area contributed by atoms with Gasteiger partial charge in [-0.2, -0.15) is 0 Å². The van der Waals surface area contributed by atoms with Crippen molar-refractivity contribution in [1.82, 2.24) is 20.2 Å². The summed E-state index contributed by atoms with van der Waals surface area (Å²) < 4.78 is 0. The maximum atomic E-state index is 5.72. The van der Waals surface area contributed by atoms with Crippen LogP contribution in [0.5, 0.6) is 0 Å². The molecule has 5 nitrogen and oxygen atoms in total. The predicted molar refractivity (Wildman–Crippen MR) is 58.2 cm³/mol. The summed E-state index contributed by atoms with van der Waals surface area (Å²) in [5, 5.41) is 3.34. The van der Waals surface area contributed by atoms with E-state index >= 15 is 0 Å². The summed E-state index contributed by atoms with van der Waals surface area (Å²) in [6.07, 6.45) is 3.56. The number of nitrogens with one attached hydrogen (secondary N) is 1. The van der Waals surface area contributed by atoms with Gasteiger partial charge in [-0.3, -0.25) is 4.90 Å². The number of piperazine rings is 1. The van der Waals surface area contributed by atoms with E-state index in [4.69, 9.17) is 5.73 Å². The van der Waals surface area contributed by atoms with Gasteiger partial charge >= 0.3 is 0 Å². The zero-order chi connectivity index (χ0) is 10.5. The van der Waals surface area contributed by atoms with E-state index in [-0.39, 0.29) is 0 Å². The molecule has 0 radical (unpaired) electrons. The van der Waals surface area contributed by atoms with Gasteiger partial charge in [0, 0.05) is 44.6 Å². The fourth-order valence-electron chi connectivity index (χ4n) is 1.84. The molecule has 1 aliphatic rings. The molecule has 1 atom stereocenters. The number of nitrogens with zero attached hydrogens (tertiary/aromatic N) is 3. The first kappa shape index (κ1) is 10.5. The number of hydrogen-bond donors (Lipinski definition) is 2. The molecule has 1 aromatic heterocycles. The van der Waals surface area contributed by atoms with E-state index in [1.807, 2.05) is 6.07 Å². The molecular weight excluding hydrogens is 190 g/mol. The van der Waals surface area contributed by atoms with E-state index < -0.39 is 0 Å². The SMILES string of the molecule is NCC1CNCCN1Cc1ncccn1. The first-order valence-electron chi connectivity index (χ1n) is 5.31. The summed E-state index contributed by atoms with van der Waals surface area (Å²) in [6.45, 7) is 4.47. The molecule has 1 aromatic rings. The third-order valence-electron chi connectivity index (χ3n) is 2.71. The predicted octanol–water partition coefficient (Wildman–Crippen LogP) is -0.791. The van der Waals surface area contributed by atoms with Crippen LogP contribution >= 0.6 is 0 Å². The van der Waals surface area contributed by atoms with Gasteiger partial charge in [-0.15, -0.1) is 0 Å². The van der Waals surface area contributed by atoms with Crippen molar-refractivity contribution in [3.63, 3.8) is 0 Å². The van der Waals surface area contributed by atoms with Crippen LogP contribution in [-0.2, 0) is 6.54 Å². The Morgan fingerprint density at radius 3 is 3.00 bits per heavy atom. The van der Waals surface area contributed by atoms with Crippen LogP contribution in [0.3, 0.4) is 0 Å². The van der Waals surface area contributed by atoms with Crippen LogP contribution in [0.25, 0.3) is 0 Å². The summed E-state index contributed by atoms with van der Waals surface area (Å²) in [4.78, 5) is 10.8. The van der Waals surface area contributed by atoms with Crippen molar-refractivity contribution < 1.29 is 0 Å². The van der Waals surface area contributed by atoms with Gasteiger partial charge in [-0.1, -0.05) is 0 Å². The Hall–Kier alpha value is -1.04. The summed E-state index contributed by atoms with van der Waals surface area (Å²) >= 11 is 0. The van der Waals surface area contributed by atoms with E-state index in [0.29, 0.717) is 12.6 Å². The molecule has 1 saturated heterocycles. The van der Waals surface area contributed by atoms with E-state index in [0.717, 1.165) is 32.0 Å². The normalized spacial score (nSPS) is 22.9. The minimum atomic E-state index is 0.405. The molecule has 5 heteroatoms. The van der Waals surface area contributed by atoms with Crippen LogP contribution in [0.1, 0.15) is 5.82 Å². The third kappa shape index (κ3) is 2.71. The fourth-order valence-corrected chi connectivity index (χ4v) is 1.84. The van der Waals surface area contributed by atoms with Crippen molar-refractivity contribution in [2.45, 2.75) is 12.6 Å². The Morgan fingerprint density at radius 1 is 1.47 bits per heavy atom. The van der Waals surface area contributed by atoms with Crippen molar-refractivity contribution in [3.8, 4) is 0 Å². The van der Waals surface area contributed by atoms with Gasteiger partial charge in [0.2, 0.25) is 0 Å². The van der Waals surface area contributed by atoms with Crippen molar-refractivity contribution >= 4 is 0 Å². The smallest absolute Gasteiger partial charge is 0.142 e. The topological polar surface area (TPSA) is 67.1 Å². The highest BCUT2D eigenvalue weighted by Crippen LogP contribution is 2.05. The van der Waals surface area contributed by atoms with E-state index in [2.05, 4.69) is 20.2 Å². The highest BCUT2D eigenvalue weighted by Gasteiger charge is 2.21. The maximum Gasteiger partial charge on any atom is 0.142 e. The minimum Gasteiger partial charge on any atom is -0.329 e. The molecule has 1 aliphatic heterocycles. The molecule has 3 N–H and O–H groups in total. The second-order valence-corrected chi connectivity index (χ2v) is 3.73. The molecule has 0 aromatic carbocycles. The largest absolute Gasteiger partial charge is 0.329 e. The van der Waals surface area contributed by atoms with Crippen molar-refractivity contribution in [3.05, 3.63) is 24.3 Å². The maximum absolute atomic E-state index is 5.72. The lowest BCUT2D eigenvalue weighted by molar-refractivity contribution is 0.154. The average molecular weight is 207 g/mol. The molecule has 0 saturated carbocycles. The van der Waals surface area contributed by atoms with Gasteiger partial charge < -0.3 is 11.1 Å². The monoisotopic (exact) mass is 207 g/mol. The number of hydrogen-bond acceptors (Lipinski definition) is 5. The number of nitrogens with two attached hydrogens (primary N) is 1. The highest BCUT2D eigenvalue weighted by molar-refractivity contribution is 4.91. The van der Waals surface area contributed by atoms with Crippen molar-refractivity contribution in [2.75, 3.05) is 26.2 Å². The molecule has 1 unspecified atom stereocenters. The molecule has 0 aliphatic carbocycles. The molecule has 2 rings (SSSR count). The van der Waals surface area contributed by atoms with E-state index in [1.165, 1.54) is 0 Å². The zero-order valence-electron chi connectivity index (χ0n) is 8.76. The molecule has 0 spiro atoms. The first-order valence-corrected chi connectivity index (χ1v) is 5.31. The van der Waals surface area contributed by atoms with Crippen LogP contribution in [0.4, 0.5) is 0 Å². The van der Waals surface area contributed by atoms with Crippen LogP contribution in [-0.4, -0.2) is 47.1 Å². The zero-order valence-corrected chi connectivity index (χ0v) is 8.76. The first-order chi connectivity index (χ1) is 7.40. The van der Waals surface area contributed by atoms with Gasteiger partial charge in [0.25, 0.3) is 0 Å². The Bertz CT molecular complexity index is 289. The van der Waals surface area contributed by atoms with Crippen molar-refractivity contribution in [1.29, 1.82) is 0 Å². The summed E-state index contributed by atoms with van der Waals surface area (Å²) in [7, 11) is 0. The highest BCUT2D eigenvalue weighted by atomic mass is 15.2. The Morgan fingerprint density at radius 2 is 2.27 bits per heavy atom. The Balaban J connectivity index is 1.97. The summed E-state index contributed by atoms with van der Waals surface area (Å²) in [6, 6.07) is 2.24. The molecule has 2 heterocycles. The molecule has 1 fully saturated rings. The third-order valence-corrected chi connectivity index (χ3v) is 2.71. The number of aromatic nitrogens is 2. The standard InChI is InChI=1S/C10H17N5/c11-6-9-7-12-4-5-15(9)8-10-13-2-1-3-14-10/h1-3,9,12H,4-8,11H2. The molecular formula is C10H17N5. The molecule has 0 bridgehead atoms. The molecule has 0 amide bonds. The van der Waals surface area contributed by atoms with Gasteiger partial charge in [-0.25, -0.2) is 9.97 Å². The summed E-state index contributed by atoms with van der Waals surface area (Å²) in [5.74, 6) is 0.873. The summed E-state index contributed by atoms with van der Waals surface area (Å²) in [5.41, 5.74) is 5.72. The van der Waals surface area contributed by atoms with Crippen LogP contribution in [0, 0.1) is 0 Å². The van der Waals surface area contributed by atoms with Crippen LogP contribution in [0.15, 0.2) is 18.5 Å². The second-order valence-electron chi connectivity index (χ2n) is 3.73. The van der Waals surface area contributed by atoms with Crippen molar-refractivity contribution in [2.24, 2.45) is 5.73 Å². The molecule has 15 heavy (non-hydrogen) atoms. The Labute approximate surface area is 89.7 Å². The minimum absolute atomic E-state index is 0.405. The second kappa shape index (κ2) is 5.16. The quantitative estimate of drug-likeness (QED) is 0.680. The average Bonchev–Trinajstić information content (AvgIpc) is 2.31. The fraction of sp³-hybridized carbons (Fsp3) is 0.600.